The van der Waals surface area contributed by atoms with Crippen molar-refractivity contribution in [3.8, 4) is 0 Å². The van der Waals surface area contributed by atoms with Gasteiger partial charge in [-0.3, -0.25) is 0 Å². The highest BCUT2D eigenvalue weighted by molar-refractivity contribution is 6.50. The first-order valence-corrected chi connectivity index (χ1v) is 5.46. The quantitative estimate of drug-likeness (QED) is 0.462. The minimum absolute atomic E-state index is 0.148. The molecule has 2 N–H and O–H groups in total. The molecule has 0 rings (SSSR count). The van der Waals surface area contributed by atoms with Crippen LogP contribution in [0.3, 0.4) is 0 Å². The van der Waals surface area contributed by atoms with Crippen LogP contribution in [-0.2, 0) is 4.74 Å². The van der Waals surface area contributed by atoms with Crippen LogP contribution in [0.15, 0.2) is 0 Å². The van der Waals surface area contributed by atoms with Crippen molar-refractivity contribution in [2.24, 2.45) is 0 Å². The predicted molar refractivity (Wildman–Crippen MR) is 40.7 cm³/mol. The highest BCUT2D eigenvalue weighted by Crippen LogP contribution is 2.03. The van der Waals surface area contributed by atoms with E-state index in [-0.39, 0.29) is 5.73 Å². The summed E-state index contributed by atoms with van der Waals surface area (Å²) in [6.07, 6.45) is -0.0105. The summed E-state index contributed by atoms with van der Waals surface area (Å²) in [6.45, 7) is 5.23. The Morgan fingerprint density at radius 3 is 2.20 bits per heavy atom. The van der Waals surface area contributed by atoms with Gasteiger partial charge in [0, 0.05) is 0 Å². The second-order valence-corrected chi connectivity index (χ2v) is 4.20. The molecule has 61 valence electrons. The molecule has 0 aliphatic rings. The molecule has 10 heavy (non-hydrogen) atoms. The fraction of sp³-hybridized carbons (Fsp3) is 1.00. The maximum atomic E-state index is 9.13. The zero-order chi connectivity index (χ0) is 8.15. The van der Waals surface area contributed by atoms with Crippen LogP contribution in [0.2, 0.25) is 6.55 Å². The van der Waals surface area contributed by atoms with Crippen LogP contribution < -0.4 is 0 Å². The van der Waals surface area contributed by atoms with Gasteiger partial charge in [-0.05, 0) is 19.9 Å². The summed E-state index contributed by atoms with van der Waals surface area (Å²) < 4.78 is 5.01. The Hall–Kier alpha value is 0.0969. The Morgan fingerprint density at radius 2 is 2.10 bits per heavy atom. The van der Waals surface area contributed by atoms with Gasteiger partial charge in [0.2, 0.25) is 9.04 Å². The zero-order valence-electron chi connectivity index (χ0n) is 6.66. The van der Waals surface area contributed by atoms with E-state index in [0.717, 1.165) is 6.42 Å². The van der Waals surface area contributed by atoms with E-state index in [1.54, 1.807) is 13.5 Å². The van der Waals surface area contributed by atoms with E-state index in [0.29, 0.717) is 0 Å². The van der Waals surface area contributed by atoms with Gasteiger partial charge in [-0.25, -0.2) is 0 Å². The van der Waals surface area contributed by atoms with Crippen LogP contribution in [-0.4, -0.2) is 31.0 Å². The van der Waals surface area contributed by atoms with Gasteiger partial charge in [0.05, 0.1) is 5.73 Å². The van der Waals surface area contributed by atoms with Gasteiger partial charge < -0.3 is 14.6 Å². The third-order valence-electron chi connectivity index (χ3n) is 1.20. The molecule has 0 aromatic rings. The summed E-state index contributed by atoms with van der Waals surface area (Å²) >= 11 is 0. The molecule has 0 aromatic heterocycles. The summed E-state index contributed by atoms with van der Waals surface area (Å²) in [6, 6.07) is 0. The predicted octanol–water partition coefficient (Wildman–Crippen LogP) is 0.273. The summed E-state index contributed by atoms with van der Waals surface area (Å²) in [5.74, 6) is 0. The van der Waals surface area contributed by atoms with Gasteiger partial charge in [-0.15, -0.1) is 0 Å². The molecule has 0 saturated heterocycles. The summed E-state index contributed by atoms with van der Waals surface area (Å²) in [5.41, 5.74) is -0.148. The summed E-state index contributed by atoms with van der Waals surface area (Å²) in [4.78, 5) is 9.13. The maximum Gasteiger partial charge on any atom is 0.234 e. The van der Waals surface area contributed by atoms with E-state index in [1.807, 2.05) is 6.92 Å². The monoisotopic (exact) mass is 163 g/mol. The lowest BCUT2D eigenvalue weighted by Gasteiger charge is -2.18. The lowest BCUT2D eigenvalue weighted by molar-refractivity contribution is -0.104. The van der Waals surface area contributed by atoms with Crippen molar-refractivity contribution in [2.45, 2.75) is 38.8 Å². The number of ether oxygens (including phenoxy) is 1. The molecule has 0 aliphatic carbocycles. The van der Waals surface area contributed by atoms with Gasteiger partial charge in [0.15, 0.2) is 6.29 Å². The Morgan fingerprint density at radius 1 is 1.60 bits per heavy atom. The molecular weight excluding hydrogens is 148 g/mol. The van der Waals surface area contributed by atoms with Crippen LogP contribution >= 0.6 is 0 Å². The van der Waals surface area contributed by atoms with E-state index in [2.05, 4.69) is 0 Å². The third-order valence-corrected chi connectivity index (χ3v) is 2.67. The van der Waals surface area contributed by atoms with E-state index in [9.17, 15) is 0 Å². The lowest BCUT2D eigenvalue weighted by atomic mass is 10.5. The average Bonchev–Trinajstić information content (AvgIpc) is 1.81. The molecule has 0 saturated carbocycles. The van der Waals surface area contributed by atoms with Crippen molar-refractivity contribution in [3.63, 3.8) is 0 Å². The molecule has 0 bridgehead atoms. The van der Waals surface area contributed by atoms with Crippen molar-refractivity contribution in [3.05, 3.63) is 0 Å². The Kier molecular flexibility index (Phi) is 4.89. The first-order valence-electron chi connectivity index (χ1n) is 3.43. The van der Waals surface area contributed by atoms with Gasteiger partial charge in [-0.2, -0.15) is 0 Å². The van der Waals surface area contributed by atoms with E-state index < -0.39 is 15.3 Å². The maximum absolute atomic E-state index is 9.13. The van der Waals surface area contributed by atoms with Crippen LogP contribution in [0.5, 0.6) is 0 Å². The van der Waals surface area contributed by atoms with Crippen LogP contribution in [0.4, 0.5) is 0 Å². The number of hydrogen-bond acceptors (Lipinski definition) is 3. The molecule has 2 unspecified atom stereocenters. The van der Waals surface area contributed by atoms with E-state index in [1.165, 1.54) is 0 Å². The average molecular weight is 163 g/mol. The van der Waals surface area contributed by atoms with Crippen LogP contribution in [0, 0.1) is 0 Å². The SMILES string of the molecule is CCC(OC(C)O)[Si](C)O. The molecule has 0 aliphatic heterocycles. The fourth-order valence-electron chi connectivity index (χ4n) is 0.728. The Bertz CT molecular complexity index is 85.1. The summed E-state index contributed by atoms with van der Waals surface area (Å²) in [5, 5.41) is 8.79. The second-order valence-electron chi connectivity index (χ2n) is 2.27. The summed E-state index contributed by atoms with van der Waals surface area (Å²) in [7, 11) is -1.40. The second kappa shape index (κ2) is 4.84. The smallest absolute Gasteiger partial charge is 0.234 e. The fourth-order valence-corrected chi connectivity index (χ4v) is 1.71. The molecule has 0 heterocycles. The van der Waals surface area contributed by atoms with Crippen LogP contribution in [0.25, 0.3) is 0 Å². The molecular formula is C6H15O3Si. The van der Waals surface area contributed by atoms with Crippen molar-refractivity contribution >= 4 is 9.04 Å². The number of hydrogen-bond donors (Lipinski definition) is 2. The molecule has 0 spiro atoms. The minimum Gasteiger partial charge on any atom is -0.429 e. The van der Waals surface area contributed by atoms with Gasteiger partial charge in [0.1, 0.15) is 0 Å². The van der Waals surface area contributed by atoms with Gasteiger partial charge in [-0.1, -0.05) is 6.92 Å². The topological polar surface area (TPSA) is 49.7 Å². The van der Waals surface area contributed by atoms with Crippen LogP contribution in [0.1, 0.15) is 20.3 Å². The van der Waals surface area contributed by atoms with Crippen molar-refractivity contribution in [1.29, 1.82) is 0 Å². The Balaban J connectivity index is 3.60. The molecule has 1 radical (unpaired) electrons. The first kappa shape index (κ1) is 10.1. The molecule has 3 nitrogen and oxygen atoms in total. The Labute approximate surface area is 63.4 Å². The standard InChI is InChI=1S/C6H15O3Si/c1-4-6(10(3)8)9-5(2)7/h5-8H,4H2,1-3H3. The van der Waals surface area contributed by atoms with Gasteiger partial charge in [0.25, 0.3) is 0 Å². The highest BCUT2D eigenvalue weighted by atomic mass is 28.3. The molecule has 2 atom stereocenters. The number of aliphatic hydroxyl groups is 1. The molecule has 0 fully saturated rings. The lowest BCUT2D eigenvalue weighted by Crippen LogP contribution is -2.32. The minimum atomic E-state index is -1.40. The molecule has 0 amide bonds. The number of aliphatic hydroxyl groups excluding tert-OH is 1. The molecule has 4 heteroatoms. The zero-order valence-corrected chi connectivity index (χ0v) is 7.66. The largest absolute Gasteiger partial charge is 0.429 e. The van der Waals surface area contributed by atoms with Crippen molar-refractivity contribution < 1.29 is 14.6 Å². The third kappa shape index (κ3) is 4.00. The normalized spacial score (nSPS) is 17.4. The van der Waals surface area contributed by atoms with Gasteiger partial charge >= 0.3 is 0 Å². The highest BCUT2D eigenvalue weighted by Gasteiger charge is 2.17. The first-order chi connectivity index (χ1) is 4.57. The van der Waals surface area contributed by atoms with Crippen molar-refractivity contribution in [1.82, 2.24) is 0 Å². The molecule has 0 aromatic carbocycles. The van der Waals surface area contributed by atoms with E-state index in [4.69, 9.17) is 14.6 Å². The van der Waals surface area contributed by atoms with Crippen molar-refractivity contribution in [2.75, 3.05) is 0 Å². The number of rotatable bonds is 4. The van der Waals surface area contributed by atoms with E-state index >= 15 is 0 Å².